The Morgan fingerprint density at radius 3 is 2.58 bits per heavy atom. The molecule has 2 aromatic heterocycles. The Morgan fingerprint density at radius 2 is 1.96 bits per heavy atom. The summed E-state index contributed by atoms with van der Waals surface area (Å²) < 4.78 is 5.04. The largest absolute Gasteiger partial charge is 0.481 e. The normalized spacial score (nSPS) is 13.9. The van der Waals surface area contributed by atoms with E-state index in [4.69, 9.17) is 4.74 Å². The number of piperazine rings is 1. The predicted molar refractivity (Wildman–Crippen MR) is 94.8 cm³/mol. The molecule has 122 valence electrons. The molecule has 5 nitrogen and oxygen atoms in total. The summed E-state index contributed by atoms with van der Waals surface area (Å²) in [6.45, 7) is 7.72. The van der Waals surface area contributed by atoms with Gasteiger partial charge in [-0.25, -0.2) is 9.97 Å². The highest BCUT2D eigenvalue weighted by atomic mass is 16.5. The molecule has 0 aliphatic carbocycles. The molecule has 0 bridgehead atoms. The third-order valence-electron chi connectivity index (χ3n) is 3.93. The maximum Gasteiger partial charge on any atom is 0.212 e. The van der Waals surface area contributed by atoms with Crippen LogP contribution in [0.4, 0.5) is 5.82 Å². The summed E-state index contributed by atoms with van der Waals surface area (Å²) in [6, 6.07) is 9.69. The van der Waals surface area contributed by atoms with Gasteiger partial charge >= 0.3 is 0 Å². The molecule has 2 aromatic rings. The number of nitrogens with zero attached hydrogens (tertiary/aromatic N) is 4. The highest BCUT2D eigenvalue weighted by Gasteiger charge is 2.17. The fourth-order valence-corrected chi connectivity index (χ4v) is 2.54. The number of allylic oxidation sites excluding steroid dienone is 1. The van der Waals surface area contributed by atoms with Gasteiger partial charge in [0.15, 0.2) is 0 Å². The Morgan fingerprint density at radius 1 is 1.12 bits per heavy atom. The van der Waals surface area contributed by atoms with E-state index in [1.807, 2.05) is 30.5 Å². The van der Waals surface area contributed by atoms with E-state index in [1.165, 1.54) is 0 Å². The Kier molecular flexibility index (Phi) is 4.97. The van der Waals surface area contributed by atoms with Crippen molar-refractivity contribution in [2.24, 2.45) is 0 Å². The summed E-state index contributed by atoms with van der Waals surface area (Å²) in [6.07, 6.45) is 3.53. The summed E-state index contributed by atoms with van der Waals surface area (Å²) in [5.74, 6) is 7.84. The van der Waals surface area contributed by atoms with Gasteiger partial charge in [0.1, 0.15) is 5.82 Å². The molecule has 3 heterocycles. The molecule has 0 atom stereocenters. The molecule has 0 aromatic carbocycles. The van der Waals surface area contributed by atoms with Crippen molar-refractivity contribution in [2.75, 3.05) is 38.2 Å². The van der Waals surface area contributed by atoms with Gasteiger partial charge in [-0.15, -0.1) is 0 Å². The van der Waals surface area contributed by atoms with Crippen molar-refractivity contribution in [3.8, 4) is 17.7 Å². The second kappa shape index (κ2) is 7.51. The number of aromatic nitrogens is 2. The van der Waals surface area contributed by atoms with E-state index in [1.54, 1.807) is 19.4 Å². The van der Waals surface area contributed by atoms with Crippen molar-refractivity contribution < 1.29 is 4.74 Å². The molecular formula is C19H20N4O. The lowest BCUT2D eigenvalue weighted by atomic mass is 10.2. The molecule has 5 heteroatoms. The third-order valence-corrected chi connectivity index (χ3v) is 3.93. The van der Waals surface area contributed by atoms with Crippen molar-refractivity contribution in [2.45, 2.75) is 0 Å². The Balaban J connectivity index is 1.56. The number of pyridine rings is 2. The van der Waals surface area contributed by atoms with Gasteiger partial charge in [0.25, 0.3) is 0 Å². The Bertz CT molecular complexity index is 738. The van der Waals surface area contributed by atoms with Crippen LogP contribution in [0, 0.1) is 11.8 Å². The zero-order valence-electron chi connectivity index (χ0n) is 13.8. The Hall–Kier alpha value is -3.00. The second-order valence-electron chi connectivity index (χ2n) is 5.45. The average molecular weight is 320 g/mol. The second-order valence-corrected chi connectivity index (χ2v) is 5.45. The number of hydrogen-bond acceptors (Lipinski definition) is 5. The SMILES string of the molecule is C=C(C#Cc1ccc(OC)nc1)N1CCN(c2ccccn2)CC1. The molecule has 0 saturated carbocycles. The van der Waals surface area contributed by atoms with Crippen LogP contribution < -0.4 is 9.64 Å². The van der Waals surface area contributed by atoms with Crippen LogP contribution in [0.5, 0.6) is 5.88 Å². The van der Waals surface area contributed by atoms with Gasteiger partial charge < -0.3 is 14.5 Å². The van der Waals surface area contributed by atoms with E-state index >= 15 is 0 Å². The first kappa shape index (κ1) is 15.9. The van der Waals surface area contributed by atoms with Gasteiger partial charge in [-0.3, -0.25) is 0 Å². The standard InChI is InChI=1S/C19H20N4O/c1-16(6-7-17-8-9-19(24-2)21-15-17)22-11-13-23(14-12-22)18-5-3-4-10-20-18/h3-5,8-10,15H,1,11-14H2,2H3. The van der Waals surface area contributed by atoms with Gasteiger partial charge in [-0.05, 0) is 24.1 Å². The molecule has 1 fully saturated rings. The molecule has 0 N–H and O–H groups in total. The van der Waals surface area contributed by atoms with Crippen LogP contribution in [0.25, 0.3) is 0 Å². The molecule has 1 aliphatic rings. The van der Waals surface area contributed by atoms with E-state index < -0.39 is 0 Å². The van der Waals surface area contributed by atoms with E-state index in [0.29, 0.717) is 5.88 Å². The van der Waals surface area contributed by atoms with Gasteiger partial charge in [-0.2, -0.15) is 0 Å². The van der Waals surface area contributed by atoms with Gasteiger partial charge in [0, 0.05) is 50.2 Å². The lowest BCUT2D eigenvalue weighted by Gasteiger charge is -2.36. The summed E-state index contributed by atoms with van der Waals surface area (Å²) >= 11 is 0. The maximum absolute atomic E-state index is 5.04. The lowest BCUT2D eigenvalue weighted by Crippen LogP contribution is -2.45. The van der Waals surface area contributed by atoms with Crippen LogP contribution >= 0.6 is 0 Å². The first-order valence-corrected chi connectivity index (χ1v) is 7.88. The molecule has 0 radical (unpaired) electrons. The van der Waals surface area contributed by atoms with E-state index in [9.17, 15) is 0 Å². The molecule has 0 unspecified atom stereocenters. The zero-order valence-corrected chi connectivity index (χ0v) is 13.8. The summed E-state index contributed by atoms with van der Waals surface area (Å²) in [5.41, 5.74) is 1.69. The van der Waals surface area contributed by atoms with Crippen LogP contribution in [0.1, 0.15) is 5.56 Å². The number of ether oxygens (including phenoxy) is 1. The molecule has 3 rings (SSSR count). The number of methoxy groups -OCH3 is 1. The van der Waals surface area contributed by atoms with Gasteiger partial charge in [0.2, 0.25) is 5.88 Å². The summed E-state index contributed by atoms with van der Waals surface area (Å²) in [4.78, 5) is 13.0. The van der Waals surface area contributed by atoms with Crippen molar-refractivity contribution in [3.05, 3.63) is 60.6 Å². The number of hydrogen-bond donors (Lipinski definition) is 0. The highest BCUT2D eigenvalue weighted by molar-refractivity contribution is 5.41. The maximum atomic E-state index is 5.04. The van der Waals surface area contributed by atoms with Crippen molar-refractivity contribution in [1.29, 1.82) is 0 Å². The van der Waals surface area contributed by atoms with Gasteiger partial charge in [0.05, 0.1) is 12.8 Å². The molecule has 0 spiro atoms. The molecule has 1 saturated heterocycles. The average Bonchev–Trinajstić information content (AvgIpc) is 2.67. The van der Waals surface area contributed by atoms with Crippen LogP contribution in [0.15, 0.2) is 55.0 Å². The summed E-state index contributed by atoms with van der Waals surface area (Å²) in [7, 11) is 1.60. The summed E-state index contributed by atoms with van der Waals surface area (Å²) in [5, 5.41) is 0. The van der Waals surface area contributed by atoms with Crippen molar-refractivity contribution >= 4 is 5.82 Å². The van der Waals surface area contributed by atoms with Crippen molar-refractivity contribution in [1.82, 2.24) is 14.9 Å². The first-order valence-electron chi connectivity index (χ1n) is 7.88. The van der Waals surface area contributed by atoms with Crippen LogP contribution in [0.3, 0.4) is 0 Å². The van der Waals surface area contributed by atoms with Crippen molar-refractivity contribution in [3.63, 3.8) is 0 Å². The minimum atomic E-state index is 0.588. The number of rotatable bonds is 3. The lowest BCUT2D eigenvalue weighted by molar-refractivity contribution is 0.333. The van der Waals surface area contributed by atoms with E-state index in [2.05, 4.69) is 38.2 Å². The third kappa shape index (κ3) is 3.85. The molecule has 0 amide bonds. The van der Waals surface area contributed by atoms with Gasteiger partial charge in [-0.1, -0.05) is 18.6 Å². The minimum Gasteiger partial charge on any atom is -0.481 e. The topological polar surface area (TPSA) is 41.5 Å². The Labute approximate surface area is 142 Å². The smallest absolute Gasteiger partial charge is 0.212 e. The molecule has 24 heavy (non-hydrogen) atoms. The fourth-order valence-electron chi connectivity index (χ4n) is 2.54. The van der Waals surface area contributed by atoms with E-state index in [-0.39, 0.29) is 0 Å². The molecular weight excluding hydrogens is 300 g/mol. The quantitative estimate of drug-likeness (QED) is 0.811. The fraction of sp³-hybridized carbons (Fsp3) is 0.263. The molecule has 1 aliphatic heterocycles. The van der Waals surface area contributed by atoms with Crippen LogP contribution in [0.2, 0.25) is 0 Å². The number of anilines is 1. The first-order chi connectivity index (χ1) is 11.8. The predicted octanol–water partition coefficient (Wildman–Crippen LogP) is 2.17. The minimum absolute atomic E-state index is 0.588. The zero-order chi connectivity index (χ0) is 16.8. The monoisotopic (exact) mass is 320 g/mol. The van der Waals surface area contributed by atoms with E-state index in [0.717, 1.165) is 43.3 Å². The highest BCUT2D eigenvalue weighted by Crippen LogP contribution is 2.14. The van der Waals surface area contributed by atoms with Crippen LogP contribution in [-0.4, -0.2) is 48.2 Å². The van der Waals surface area contributed by atoms with Crippen LogP contribution in [-0.2, 0) is 0 Å².